The first-order valence-electron chi connectivity index (χ1n) is 4.60. The van der Waals surface area contributed by atoms with Crippen molar-refractivity contribution >= 4 is 11.9 Å². The monoisotopic (exact) mass is 216 g/mol. The standard InChI is InChI=1S/C10H16O5/c1-4-5-9(11)15-8(2)10(12)14-7-6-13-3/h4-5,8H,6-7H2,1-3H3/b5-4+. The Morgan fingerprint density at radius 1 is 1.33 bits per heavy atom. The smallest absolute Gasteiger partial charge is 0.347 e. The van der Waals surface area contributed by atoms with Gasteiger partial charge in [-0.25, -0.2) is 9.59 Å². The predicted molar refractivity (Wildman–Crippen MR) is 53.2 cm³/mol. The average Bonchev–Trinajstić information content (AvgIpc) is 2.18. The minimum atomic E-state index is -0.898. The highest BCUT2D eigenvalue weighted by molar-refractivity contribution is 5.85. The number of hydrogen-bond acceptors (Lipinski definition) is 5. The summed E-state index contributed by atoms with van der Waals surface area (Å²) in [5.74, 6) is -1.14. The van der Waals surface area contributed by atoms with Gasteiger partial charge in [-0.05, 0) is 13.8 Å². The summed E-state index contributed by atoms with van der Waals surface area (Å²) in [6.07, 6.45) is 1.87. The number of allylic oxidation sites excluding steroid dienone is 1. The van der Waals surface area contributed by atoms with Crippen molar-refractivity contribution in [1.29, 1.82) is 0 Å². The van der Waals surface area contributed by atoms with E-state index < -0.39 is 18.0 Å². The summed E-state index contributed by atoms with van der Waals surface area (Å²) < 4.78 is 14.2. The molecule has 0 aromatic heterocycles. The lowest BCUT2D eigenvalue weighted by atomic mass is 10.4. The fraction of sp³-hybridized carbons (Fsp3) is 0.600. The molecule has 0 heterocycles. The second-order valence-corrected chi connectivity index (χ2v) is 2.74. The maximum absolute atomic E-state index is 11.2. The Kier molecular flexibility index (Phi) is 7.27. The van der Waals surface area contributed by atoms with Crippen LogP contribution in [-0.4, -0.2) is 38.4 Å². The molecule has 0 amide bonds. The number of ether oxygens (including phenoxy) is 3. The summed E-state index contributed by atoms with van der Waals surface area (Å²) in [5.41, 5.74) is 0. The van der Waals surface area contributed by atoms with Crippen LogP contribution in [0.4, 0.5) is 0 Å². The van der Waals surface area contributed by atoms with E-state index in [1.54, 1.807) is 6.92 Å². The average molecular weight is 216 g/mol. The van der Waals surface area contributed by atoms with Gasteiger partial charge in [0.25, 0.3) is 0 Å². The van der Waals surface area contributed by atoms with Crippen molar-refractivity contribution in [2.75, 3.05) is 20.3 Å². The van der Waals surface area contributed by atoms with Crippen molar-refractivity contribution in [3.05, 3.63) is 12.2 Å². The van der Waals surface area contributed by atoms with Crippen LogP contribution in [0.2, 0.25) is 0 Å². The molecule has 0 saturated heterocycles. The minimum Gasteiger partial charge on any atom is -0.461 e. The number of esters is 2. The van der Waals surface area contributed by atoms with E-state index in [0.29, 0.717) is 6.61 Å². The first-order valence-corrected chi connectivity index (χ1v) is 4.60. The lowest BCUT2D eigenvalue weighted by Crippen LogP contribution is -2.26. The molecule has 15 heavy (non-hydrogen) atoms. The van der Waals surface area contributed by atoms with Crippen molar-refractivity contribution in [2.24, 2.45) is 0 Å². The number of methoxy groups -OCH3 is 1. The molecule has 0 aromatic rings. The molecule has 5 heteroatoms. The van der Waals surface area contributed by atoms with Gasteiger partial charge in [-0.3, -0.25) is 0 Å². The second-order valence-electron chi connectivity index (χ2n) is 2.74. The van der Waals surface area contributed by atoms with E-state index in [4.69, 9.17) is 14.2 Å². The predicted octanol–water partition coefficient (Wildman–Crippen LogP) is 0.684. The van der Waals surface area contributed by atoms with Crippen LogP contribution in [0.15, 0.2) is 12.2 Å². The Bertz CT molecular complexity index is 234. The van der Waals surface area contributed by atoms with Crippen LogP contribution in [0.5, 0.6) is 0 Å². The van der Waals surface area contributed by atoms with Crippen LogP contribution in [0.1, 0.15) is 13.8 Å². The summed E-state index contributed by atoms with van der Waals surface area (Å²) in [4.78, 5) is 22.1. The van der Waals surface area contributed by atoms with Crippen LogP contribution in [0, 0.1) is 0 Å². The number of rotatable bonds is 6. The van der Waals surface area contributed by atoms with Gasteiger partial charge in [-0.1, -0.05) is 6.08 Å². The minimum absolute atomic E-state index is 0.154. The summed E-state index contributed by atoms with van der Waals surface area (Å²) in [6, 6.07) is 0. The number of carbonyl (C=O) groups excluding carboxylic acids is 2. The van der Waals surface area contributed by atoms with Crippen molar-refractivity contribution in [2.45, 2.75) is 20.0 Å². The SMILES string of the molecule is C/C=C/C(=O)OC(C)C(=O)OCCOC. The van der Waals surface area contributed by atoms with Gasteiger partial charge < -0.3 is 14.2 Å². The first-order chi connectivity index (χ1) is 7.11. The highest BCUT2D eigenvalue weighted by atomic mass is 16.6. The molecule has 0 rings (SSSR count). The Morgan fingerprint density at radius 2 is 2.00 bits per heavy atom. The molecule has 1 unspecified atom stereocenters. The molecule has 86 valence electrons. The van der Waals surface area contributed by atoms with Gasteiger partial charge in [-0.15, -0.1) is 0 Å². The normalized spacial score (nSPS) is 12.5. The van der Waals surface area contributed by atoms with Crippen LogP contribution in [0.25, 0.3) is 0 Å². The highest BCUT2D eigenvalue weighted by Gasteiger charge is 2.17. The molecule has 0 radical (unpaired) electrons. The molecule has 0 aliphatic carbocycles. The van der Waals surface area contributed by atoms with Crippen molar-refractivity contribution < 1.29 is 23.8 Å². The van der Waals surface area contributed by atoms with E-state index in [9.17, 15) is 9.59 Å². The molecule has 0 saturated carbocycles. The maximum Gasteiger partial charge on any atom is 0.347 e. The zero-order chi connectivity index (χ0) is 11.7. The van der Waals surface area contributed by atoms with Gasteiger partial charge in [-0.2, -0.15) is 0 Å². The number of carbonyl (C=O) groups is 2. The van der Waals surface area contributed by atoms with Crippen LogP contribution in [-0.2, 0) is 23.8 Å². The molecule has 0 aliphatic rings. The third-order valence-corrected chi connectivity index (χ3v) is 1.46. The molecule has 0 spiro atoms. The van der Waals surface area contributed by atoms with E-state index in [2.05, 4.69) is 0 Å². The Morgan fingerprint density at radius 3 is 2.53 bits per heavy atom. The van der Waals surface area contributed by atoms with E-state index in [1.807, 2.05) is 0 Å². The molecular weight excluding hydrogens is 200 g/mol. The van der Waals surface area contributed by atoms with Gasteiger partial charge in [0.2, 0.25) is 0 Å². The lowest BCUT2D eigenvalue weighted by Gasteiger charge is -2.10. The molecule has 0 fully saturated rings. The summed E-state index contributed by atoms with van der Waals surface area (Å²) >= 11 is 0. The van der Waals surface area contributed by atoms with Crippen LogP contribution >= 0.6 is 0 Å². The zero-order valence-corrected chi connectivity index (χ0v) is 9.19. The van der Waals surface area contributed by atoms with Gasteiger partial charge in [0.05, 0.1) is 6.61 Å². The molecule has 1 atom stereocenters. The molecule has 0 bridgehead atoms. The molecule has 0 aromatic carbocycles. The van der Waals surface area contributed by atoms with Crippen molar-refractivity contribution in [1.82, 2.24) is 0 Å². The highest BCUT2D eigenvalue weighted by Crippen LogP contribution is 1.96. The molecule has 0 N–H and O–H groups in total. The van der Waals surface area contributed by atoms with Crippen LogP contribution < -0.4 is 0 Å². The largest absolute Gasteiger partial charge is 0.461 e. The topological polar surface area (TPSA) is 61.8 Å². The van der Waals surface area contributed by atoms with Crippen molar-refractivity contribution in [3.63, 3.8) is 0 Å². The van der Waals surface area contributed by atoms with E-state index in [-0.39, 0.29) is 6.61 Å². The fourth-order valence-electron chi connectivity index (χ4n) is 0.741. The van der Waals surface area contributed by atoms with E-state index in [1.165, 1.54) is 26.2 Å². The molecule has 0 aliphatic heterocycles. The Hall–Kier alpha value is -1.36. The summed E-state index contributed by atoms with van der Waals surface area (Å²) in [6.45, 7) is 3.61. The fourth-order valence-corrected chi connectivity index (χ4v) is 0.741. The van der Waals surface area contributed by atoms with Gasteiger partial charge in [0.1, 0.15) is 6.61 Å². The van der Waals surface area contributed by atoms with E-state index >= 15 is 0 Å². The Balaban J connectivity index is 3.83. The lowest BCUT2D eigenvalue weighted by molar-refractivity contribution is -0.164. The first kappa shape index (κ1) is 13.6. The van der Waals surface area contributed by atoms with Gasteiger partial charge in [0.15, 0.2) is 6.10 Å². The third kappa shape index (κ3) is 6.68. The zero-order valence-electron chi connectivity index (χ0n) is 9.19. The third-order valence-electron chi connectivity index (χ3n) is 1.46. The van der Waals surface area contributed by atoms with E-state index in [0.717, 1.165) is 0 Å². The summed E-state index contributed by atoms with van der Waals surface area (Å²) in [5, 5.41) is 0. The van der Waals surface area contributed by atoms with Crippen molar-refractivity contribution in [3.8, 4) is 0 Å². The maximum atomic E-state index is 11.2. The van der Waals surface area contributed by atoms with Gasteiger partial charge in [0, 0.05) is 13.2 Å². The number of hydrogen-bond donors (Lipinski definition) is 0. The second kappa shape index (κ2) is 7.99. The molecular formula is C10H16O5. The Labute approximate surface area is 89.0 Å². The quantitative estimate of drug-likeness (QED) is 0.371. The summed E-state index contributed by atoms with van der Waals surface area (Å²) in [7, 11) is 1.50. The molecule has 5 nitrogen and oxygen atoms in total. The van der Waals surface area contributed by atoms with Crippen LogP contribution in [0.3, 0.4) is 0 Å². The van der Waals surface area contributed by atoms with Gasteiger partial charge >= 0.3 is 11.9 Å².